The number of anilines is 1. The van der Waals surface area contributed by atoms with Crippen molar-refractivity contribution < 1.29 is 9.21 Å². The Morgan fingerprint density at radius 1 is 1.00 bits per heavy atom. The van der Waals surface area contributed by atoms with Crippen molar-refractivity contribution >= 4 is 39.9 Å². The second kappa shape index (κ2) is 6.93. The Morgan fingerprint density at radius 2 is 1.71 bits per heavy atom. The van der Waals surface area contributed by atoms with E-state index >= 15 is 0 Å². The van der Waals surface area contributed by atoms with Gasteiger partial charge in [0.25, 0.3) is 5.91 Å². The molecule has 24 heavy (non-hydrogen) atoms. The number of hydrogen-bond donors (Lipinski definition) is 3. The van der Waals surface area contributed by atoms with E-state index < -0.39 is 11.5 Å². The van der Waals surface area contributed by atoms with Gasteiger partial charge in [0.05, 0.1) is 5.69 Å². The summed E-state index contributed by atoms with van der Waals surface area (Å²) in [5.41, 5.74) is 5.88. The van der Waals surface area contributed by atoms with Crippen LogP contribution in [0.1, 0.15) is 10.4 Å². The average molecular weight is 339 g/mol. The molecule has 3 N–H and O–H groups in total. The first-order chi connectivity index (χ1) is 11.6. The van der Waals surface area contributed by atoms with Crippen LogP contribution in [0.5, 0.6) is 0 Å². The third-order valence-corrected chi connectivity index (χ3v) is 3.41. The maximum atomic E-state index is 12.2. The summed E-state index contributed by atoms with van der Waals surface area (Å²) in [4.78, 5) is 24.1. The summed E-state index contributed by atoms with van der Waals surface area (Å²) < 4.78 is 5.13. The number of para-hydroxylation sites is 2. The van der Waals surface area contributed by atoms with E-state index in [0.717, 1.165) is 5.69 Å². The van der Waals surface area contributed by atoms with E-state index in [1.54, 1.807) is 24.3 Å². The van der Waals surface area contributed by atoms with Gasteiger partial charge < -0.3 is 4.42 Å². The van der Waals surface area contributed by atoms with Crippen molar-refractivity contribution in [2.45, 2.75) is 0 Å². The summed E-state index contributed by atoms with van der Waals surface area (Å²) in [7, 11) is 0. The van der Waals surface area contributed by atoms with Crippen LogP contribution in [0.4, 0.5) is 5.69 Å². The van der Waals surface area contributed by atoms with Gasteiger partial charge in [0, 0.05) is 5.39 Å². The minimum Gasteiger partial charge on any atom is -0.422 e. The summed E-state index contributed by atoms with van der Waals surface area (Å²) in [6.45, 7) is 0. The van der Waals surface area contributed by atoms with Gasteiger partial charge in [0.1, 0.15) is 11.1 Å². The lowest BCUT2D eigenvalue weighted by Crippen LogP contribution is -2.43. The quantitative estimate of drug-likeness (QED) is 0.386. The first-order valence-corrected chi connectivity index (χ1v) is 7.49. The number of hydrogen-bond acceptors (Lipinski definition) is 5. The zero-order valence-corrected chi connectivity index (χ0v) is 13.2. The highest BCUT2D eigenvalue weighted by Crippen LogP contribution is 2.12. The highest BCUT2D eigenvalue weighted by atomic mass is 32.1. The summed E-state index contributed by atoms with van der Waals surface area (Å²) >= 11 is 5.03. The minimum absolute atomic E-state index is 0.0383. The second-order valence-corrected chi connectivity index (χ2v) is 5.29. The van der Waals surface area contributed by atoms with Crippen LogP contribution in [0.15, 0.2) is 69.9 Å². The van der Waals surface area contributed by atoms with Gasteiger partial charge in [-0.2, -0.15) is 0 Å². The van der Waals surface area contributed by atoms with Crippen molar-refractivity contribution in [3.63, 3.8) is 0 Å². The van der Waals surface area contributed by atoms with E-state index in [0.29, 0.717) is 11.0 Å². The first kappa shape index (κ1) is 15.7. The lowest BCUT2D eigenvalue weighted by molar-refractivity contribution is 0.0973. The molecule has 2 aromatic carbocycles. The zero-order valence-electron chi connectivity index (χ0n) is 12.4. The maximum Gasteiger partial charge on any atom is 0.349 e. The van der Waals surface area contributed by atoms with E-state index in [4.69, 9.17) is 16.6 Å². The zero-order chi connectivity index (χ0) is 16.9. The van der Waals surface area contributed by atoms with Crippen molar-refractivity contribution in [2.75, 3.05) is 5.43 Å². The van der Waals surface area contributed by atoms with E-state index in [2.05, 4.69) is 16.2 Å². The number of nitrogens with one attached hydrogen (secondary N) is 3. The summed E-state index contributed by atoms with van der Waals surface area (Å²) in [6.07, 6.45) is 0. The molecule has 1 amide bonds. The Kier molecular flexibility index (Phi) is 4.53. The van der Waals surface area contributed by atoms with Crippen LogP contribution in [0.25, 0.3) is 11.0 Å². The molecule has 1 heterocycles. The monoisotopic (exact) mass is 339 g/mol. The third kappa shape index (κ3) is 3.58. The molecule has 0 saturated heterocycles. The van der Waals surface area contributed by atoms with Crippen LogP contribution in [0, 0.1) is 0 Å². The molecule has 6 nitrogen and oxygen atoms in total. The van der Waals surface area contributed by atoms with Crippen LogP contribution < -0.4 is 21.8 Å². The lowest BCUT2D eigenvalue weighted by Gasteiger charge is -2.11. The summed E-state index contributed by atoms with van der Waals surface area (Å²) in [6, 6.07) is 17.7. The van der Waals surface area contributed by atoms with Gasteiger partial charge in [0.2, 0.25) is 0 Å². The predicted molar refractivity (Wildman–Crippen MR) is 95.7 cm³/mol. The largest absolute Gasteiger partial charge is 0.422 e. The normalized spacial score (nSPS) is 10.2. The van der Waals surface area contributed by atoms with Gasteiger partial charge in [0.15, 0.2) is 5.11 Å². The van der Waals surface area contributed by atoms with Crippen molar-refractivity contribution in [3.05, 3.63) is 76.6 Å². The highest BCUT2D eigenvalue weighted by molar-refractivity contribution is 7.80. The Labute approximate surface area is 142 Å². The number of rotatable bonds is 3. The van der Waals surface area contributed by atoms with Crippen molar-refractivity contribution in [2.24, 2.45) is 0 Å². The molecular weight excluding hydrogens is 326 g/mol. The first-order valence-electron chi connectivity index (χ1n) is 7.09. The van der Waals surface area contributed by atoms with Crippen molar-refractivity contribution in [1.29, 1.82) is 0 Å². The Hall–Kier alpha value is -3.19. The van der Waals surface area contributed by atoms with Gasteiger partial charge in [-0.3, -0.25) is 21.0 Å². The summed E-state index contributed by atoms with van der Waals surface area (Å²) in [5.74, 6) is -0.637. The number of fused-ring (bicyclic) bond motifs is 1. The predicted octanol–water partition coefficient (Wildman–Crippen LogP) is 2.42. The molecule has 0 atom stereocenters. The van der Waals surface area contributed by atoms with Gasteiger partial charge in [-0.15, -0.1) is 0 Å². The molecule has 0 radical (unpaired) electrons. The molecule has 3 aromatic rings. The number of carbonyl (C=O) groups is 1. The Balaban J connectivity index is 1.69. The van der Waals surface area contributed by atoms with Crippen molar-refractivity contribution in [1.82, 2.24) is 10.7 Å². The van der Waals surface area contributed by atoms with Crippen LogP contribution in [0.3, 0.4) is 0 Å². The number of amides is 1. The third-order valence-electron chi connectivity index (χ3n) is 3.21. The van der Waals surface area contributed by atoms with Gasteiger partial charge in [-0.05, 0) is 36.5 Å². The van der Waals surface area contributed by atoms with Crippen LogP contribution in [-0.2, 0) is 0 Å². The van der Waals surface area contributed by atoms with Gasteiger partial charge >= 0.3 is 5.63 Å². The van der Waals surface area contributed by atoms with Crippen LogP contribution in [0.2, 0.25) is 0 Å². The molecule has 0 aliphatic carbocycles. The summed E-state index contributed by atoms with van der Waals surface area (Å²) in [5, 5.41) is 3.13. The number of carbonyl (C=O) groups excluding carboxylic acids is 1. The topological polar surface area (TPSA) is 83.4 Å². The Morgan fingerprint density at radius 3 is 2.50 bits per heavy atom. The van der Waals surface area contributed by atoms with E-state index in [-0.39, 0.29) is 10.7 Å². The molecule has 0 fully saturated rings. The van der Waals surface area contributed by atoms with E-state index in [1.165, 1.54) is 6.07 Å². The van der Waals surface area contributed by atoms with E-state index in [9.17, 15) is 9.59 Å². The fraction of sp³-hybridized carbons (Fsp3) is 0. The molecule has 0 aliphatic heterocycles. The maximum absolute atomic E-state index is 12.2. The van der Waals surface area contributed by atoms with Gasteiger partial charge in [-0.25, -0.2) is 4.79 Å². The molecule has 0 bridgehead atoms. The molecular formula is C17H13N3O3S. The Bertz CT molecular complexity index is 954. The standard InChI is InChI=1S/C17H13N3O3S/c21-15(18-17(24)20-19-12-7-2-1-3-8-12)13-10-11-6-4-5-9-14(11)23-16(13)22/h1-10,19H,(H2,18,20,21,24). The number of benzene rings is 2. The molecule has 0 aliphatic rings. The van der Waals surface area contributed by atoms with Crippen LogP contribution >= 0.6 is 12.2 Å². The fourth-order valence-electron chi connectivity index (χ4n) is 2.07. The fourth-order valence-corrected chi connectivity index (χ4v) is 2.22. The van der Waals surface area contributed by atoms with Crippen molar-refractivity contribution in [3.8, 4) is 0 Å². The SMILES string of the molecule is O=C(NC(=S)NNc1ccccc1)c1cc2ccccc2oc1=O. The average Bonchev–Trinajstić information content (AvgIpc) is 2.60. The van der Waals surface area contributed by atoms with Crippen LogP contribution in [-0.4, -0.2) is 11.0 Å². The molecule has 3 rings (SSSR count). The molecule has 1 aromatic heterocycles. The molecule has 0 unspecified atom stereocenters. The molecule has 7 heteroatoms. The van der Waals surface area contributed by atoms with E-state index in [1.807, 2.05) is 30.3 Å². The second-order valence-electron chi connectivity index (χ2n) is 4.88. The lowest BCUT2D eigenvalue weighted by atomic mass is 10.2. The minimum atomic E-state index is -0.718. The number of hydrazine groups is 1. The smallest absolute Gasteiger partial charge is 0.349 e. The molecule has 0 saturated carbocycles. The number of thiocarbonyl (C=S) groups is 1. The van der Waals surface area contributed by atoms with Gasteiger partial charge in [-0.1, -0.05) is 36.4 Å². The molecule has 120 valence electrons. The molecule has 0 spiro atoms. The highest BCUT2D eigenvalue weighted by Gasteiger charge is 2.14.